The molecule has 3 rings (SSSR count). The van der Waals surface area contributed by atoms with E-state index in [1.54, 1.807) is 0 Å². The van der Waals surface area contributed by atoms with Crippen LogP contribution < -0.4 is 5.32 Å². The van der Waals surface area contributed by atoms with Crippen molar-refractivity contribution in [1.29, 1.82) is 0 Å². The molecule has 20 heavy (non-hydrogen) atoms. The number of nitrogens with zero attached hydrogens (tertiary/aromatic N) is 1. The summed E-state index contributed by atoms with van der Waals surface area (Å²) in [5, 5.41) is 5.93. The van der Waals surface area contributed by atoms with Crippen molar-refractivity contribution < 1.29 is 0 Å². The molecule has 0 aliphatic heterocycles. The molecule has 3 heteroatoms. The van der Waals surface area contributed by atoms with Crippen LogP contribution in [0.1, 0.15) is 22.0 Å². The average Bonchev–Trinajstić information content (AvgIpc) is 3.06. The third-order valence-electron chi connectivity index (χ3n) is 4.15. The SMILES string of the molecule is CN(C)C(CNC1Cc2ccccc2C1)c1cccs1. The van der Waals surface area contributed by atoms with E-state index in [1.807, 2.05) is 11.3 Å². The van der Waals surface area contributed by atoms with Crippen LogP contribution in [0.25, 0.3) is 0 Å². The molecule has 1 N–H and O–H groups in total. The fourth-order valence-corrected chi connectivity index (χ4v) is 3.92. The predicted octanol–water partition coefficient (Wildman–Crippen LogP) is 3.11. The minimum atomic E-state index is 0.471. The summed E-state index contributed by atoms with van der Waals surface area (Å²) >= 11 is 1.85. The summed E-state index contributed by atoms with van der Waals surface area (Å²) in [6.07, 6.45) is 2.33. The Balaban J connectivity index is 1.60. The Kier molecular flexibility index (Phi) is 4.20. The Hall–Kier alpha value is -1.16. The topological polar surface area (TPSA) is 15.3 Å². The molecule has 0 bridgehead atoms. The van der Waals surface area contributed by atoms with Gasteiger partial charge in [0.05, 0.1) is 6.04 Å². The second-order valence-electron chi connectivity index (χ2n) is 5.78. The van der Waals surface area contributed by atoms with E-state index in [-0.39, 0.29) is 0 Å². The Bertz CT molecular complexity index is 523. The highest BCUT2D eigenvalue weighted by molar-refractivity contribution is 7.10. The zero-order valence-corrected chi connectivity index (χ0v) is 13.0. The maximum Gasteiger partial charge on any atom is 0.0561 e. The highest BCUT2D eigenvalue weighted by atomic mass is 32.1. The summed E-state index contributed by atoms with van der Waals surface area (Å²) in [6.45, 7) is 1.02. The Morgan fingerprint density at radius 2 is 1.85 bits per heavy atom. The first kappa shape index (κ1) is 13.8. The van der Waals surface area contributed by atoms with Crippen LogP contribution in [-0.2, 0) is 12.8 Å². The lowest BCUT2D eigenvalue weighted by Crippen LogP contribution is -2.37. The van der Waals surface area contributed by atoms with Crippen LogP contribution in [0.15, 0.2) is 41.8 Å². The molecule has 1 aromatic heterocycles. The van der Waals surface area contributed by atoms with Gasteiger partial charge in [0.25, 0.3) is 0 Å². The lowest BCUT2D eigenvalue weighted by atomic mass is 10.1. The number of fused-ring (bicyclic) bond motifs is 1. The molecule has 1 aliphatic carbocycles. The summed E-state index contributed by atoms with van der Waals surface area (Å²) in [5.74, 6) is 0. The van der Waals surface area contributed by atoms with E-state index in [0.717, 1.165) is 6.54 Å². The lowest BCUT2D eigenvalue weighted by molar-refractivity contribution is 0.284. The molecule has 1 heterocycles. The van der Waals surface area contributed by atoms with Crippen LogP contribution in [0, 0.1) is 0 Å². The molecule has 1 aliphatic rings. The summed E-state index contributed by atoms with van der Waals surface area (Å²) in [4.78, 5) is 3.75. The van der Waals surface area contributed by atoms with Gasteiger partial charge in [-0.25, -0.2) is 0 Å². The van der Waals surface area contributed by atoms with Gasteiger partial charge in [-0.05, 0) is 49.5 Å². The van der Waals surface area contributed by atoms with Crippen LogP contribution in [0.3, 0.4) is 0 Å². The lowest BCUT2D eigenvalue weighted by Gasteiger charge is -2.25. The molecule has 0 radical (unpaired) electrons. The van der Waals surface area contributed by atoms with Crippen LogP contribution in [0.5, 0.6) is 0 Å². The van der Waals surface area contributed by atoms with E-state index in [2.05, 4.69) is 66.1 Å². The molecule has 1 atom stereocenters. The highest BCUT2D eigenvalue weighted by Crippen LogP contribution is 2.25. The molecule has 1 unspecified atom stereocenters. The molecule has 1 aromatic carbocycles. The first-order valence-electron chi connectivity index (χ1n) is 7.24. The fourth-order valence-electron chi connectivity index (χ4n) is 3.00. The van der Waals surface area contributed by atoms with Gasteiger partial charge < -0.3 is 10.2 Å². The van der Waals surface area contributed by atoms with Crippen LogP contribution >= 0.6 is 11.3 Å². The molecule has 2 nitrogen and oxygen atoms in total. The van der Waals surface area contributed by atoms with Gasteiger partial charge >= 0.3 is 0 Å². The largest absolute Gasteiger partial charge is 0.311 e. The zero-order chi connectivity index (χ0) is 13.9. The van der Waals surface area contributed by atoms with Gasteiger partial charge in [-0.2, -0.15) is 0 Å². The smallest absolute Gasteiger partial charge is 0.0561 e. The Labute approximate surface area is 125 Å². The summed E-state index contributed by atoms with van der Waals surface area (Å²) in [5.41, 5.74) is 3.03. The minimum Gasteiger partial charge on any atom is -0.311 e. The second kappa shape index (κ2) is 6.08. The van der Waals surface area contributed by atoms with E-state index in [0.29, 0.717) is 12.1 Å². The number of likely N-dealkylation sites (N-methyl/N-ethyl adjacent to an activating group) is 1. The number of rotatable bonds is 5. The third kappa shape index (κ3) is 2.95. The van der Waals surface area contributed by atoms with Gasteiger partial charge in [0.15, 0.2) is 0 Å². The van der Waals surface area contributed by atoms with Crippen molar-refractivity contribution in [2.24, 2.45) is 0 Å². The molecule has 0 amide bonds. The van der Waals surface area contributed by atoms with Gasteiger partial charge in [0, 0.05) is 17.5 Å². The number of benzene rings is 1. The summed E-state index contributed by atoms with van der Waals surface area (Å²) in [7, 11) is 4.32. The van der Waals surface area contributed by atoms with Gasteiger partial charge in [0.1, 0.15) is 0 Å². The standard InChI is InChI=1S/C17H22N2S/c1-19(2)16(17-8-5-9-20-17)12-18-15-10-13-6-3-4-7-14(13)11-15/h3-9,15-16,18H,10-12H2,1-2H3. The van der Waals surface area contributed by atoms with Crippen LogP contribution in [0.2, 0.25) is 0 Å². The quantitative estimate of drug-likeness (QED) is 0.908. The molecule has 0 saturated carbocycles. The maximum atomic E-state index is 3.76. The van der Waals surface area contributed by atoms with E-state index in [1.165, 1.54) is 28.8 Å². The normalized spacial score (nSPS) is 16.6. The maximum absolute atomic E-state index is 3.76. The van der Waals surface area contributed by atoms with E-state index < -0.39 is 0 Å². The van der Waals surface area contributed by atoms with Crippen LogP contribution in [-0.4, -0.2) is 31.6 Å². The van der Waals surface area contributed by atoms with Crippen LogP contribution in [0.4, 0.5) is 0 Å². The van der Waals surface area contributed by atoms with Crippen molar-refractivity contribution in [2.75, 3.05) is 20.6 Å². The molecule has 0 saturated heterocycles. The summed E-state index contributed by atoms with van der Waals surface area (Å²) in [6, 6.07) is 14.3. The van der Waals surface area contributed by atoms with Crippen molar-refractivity contribution in [3.8, 4) is 0 Å². The van der Waals surface area contributed by atoms with Gasteiger partial charge in [0.2, 0.25) is 0 Å². The molecule has 0 fully saturated rings. The molecule has 0 spiro atoms. The monoisotopic (exact) mass is 286 g/mol. The minimum absolute atomic E-state index is 0.471. The number of hydrogen-bond donors (Lipinski definition) is 1. The van der Waals surface area contributed by atoms with Crippen molar-refractivity contribution in [2.45, 2.75) is 24.9 Å². The molecule has 2 aromatic rings. The Morgan fingerprint density at radius 3 is 2.40 bits per heavy atom. The fraction of sp³-hybridized carbons (Fsp3) is 0.412. The van der Waals surface area contributed by atoms with E-state index in [9.17, 15) is 0 Å². The van der Waals surface area contributed by atoms with Gasteiger partial charge in [-0.1, -0.05) is 30.3 Å². The van der Waals surface area contributed by atoms with Crippen molar-refractivity contribution in [3.63, 3.8) is 0 Å². The molecular weight excluding hydrogens is 264 g/mol. The number of thiophene rings is 1. The number of hydrogen-bond acceptors (Lipinski definition) is 3. The highest BCUT2D eigenvalue weighted by Gasteiger charge is 2.22. The number of nitrogens with one attached hydrogen (secondary N) is 1. The summed E-state index contributed by atoms with van der Waals surface area (Å²) < 4.78 is 0. The van der Waals surface area contributed by atoms with Gasteiger partial charge in [-0.3, -0.25) is 0 Å². The average molecular weight is 286 g/mol. The van der Waals surface area contributed by atoms with Crippen molar-refractivity contribution in [3.05, 3.63) is 57.8 Å². The Morgan fingerprint density at radius 1 is 1.15 bits per heavy atom. The van der Waals surface area contributed by atoms with E-state index in [4.69, 9.17) is 0 Å². The van der Waals surface area contributed by atoms with E-state index >= 15 is 0 Å². The molecule has 106 valence electrons. The third-order valence-corrected chi connectivity index (χ3v) is 5.12. The van der Waals surface area contributed by atoms with Crippen molar-refractivity contribution in [1.82, 2.24) is 10.2 Å². The second-order valence-corrected chi connectivity index (χ2v) is 6.76. The van der Waals surface area contributed by atoms with Crippen molar-refractivity contribution >= 4 is 11.3 Å². The first-order valence-corrected chi connectivity index (χ1v) is 8.12. The molecular formula is C17H22N2S. The zero-order valence-electron chi connectivity index (χ0n) is 12.2. The first-order chi connectivity index (χ1) is 9.74. The predicted molar refractivity (Wildman–Crippen MR) is 86.4 cm³/mol. The van der Waals surface area contributed by atoms with Gasteiger partial charge in [-0.15, -0.1) is 11.3 Å².